The summed E-state index contributed by atoms with van der Waals surface area (Å²) < 4.78 is 45.1. The molecule has 30 heavy (non-hydrogen) atoms. The number of aryl methyl sites for hydroxylation is 2. The number of nitrogens with zero attached hydrogens (tertiary/aromatic N) is 1. The van der Waals surface area contributed by atoms with Gasteiger partial charge >= 0.3 is 162 Å². The van der Waals surface area contributed by atoms with Crippen molar-refractivity contribution in [2.75, 3.05) is 0 Å². The molecule has 0 aliphatic carbocycles. The van der Waals surface area contributed by atoms with Crippen molar-refractivity contribution in [2.24, 2.45) is 0 Å². The van der Waals surface area contributed by atoms with Crippen LogP contribution in [0.4, 0.5) is 0 Å². The maximum Gasteiger partial charge on any atom is 1.00 e. The average Bonchev–Trinajstić information content (AvgIpc) is 2.89. The summed E-state index contributed by atoms with van der Waals surface area (Å²) in [6, 6.07) is 14.1. The summed E-state index contributed by atoms with van der Waals surface area (Å²) in [5.74, 6) is 0. The predicted octanol–water partition coefficient (Wildman–Crippen LogP) is -5.12. The van der Waals surface area contributed by atoms with E-state index in [-0.39, 0.29) is 171 Å². The maximum atomic E-state index is 11.3. The van der Waals surface area contributed by atoms with Crippen LogP contribution >= 0.6 is 7.60 Å². The van der Waals surface area contributed by atoms with Gasteiger partial charge in [-0.3, -0.25) is 9.12 Å². The van der Waals surface area contributed by atoms with Gasteiger partial charge in [-0.25, -0.2) is 0 Å². The molecule has 1 aromatic heterocycles. The first-order valence-electron chi connectivity index (χ1n) is 8.64. The summed E-state index contributed by atoms with van der Waals surface area (Å²) in [4.78, 5) is 16.3. The topological polar surface area (TPSA) is 117 Å². The Kier molecular flexibility index (Phi) is 15.6. The second-order valence-corrected chi connectivity index (χ2v) is 10.3. The number of fused-ring (bicyclic) bond motifs is 3. The maximum absolute atomic E-state index is 11.3. The number of para-hydroxylation sites is 1. The van der Waals surface area contributed by atoms with E-state index in [4.69, 9.17) is 14.3 Å². The second-order valence-electron chi connectivity index (χ2n) is 6.56. The van der Waals surface area contributed by atoms with Crippen molar-refractivity contribution in [2.45, 2.75) is 37.7 Å². The van der Waals surface area contributed by atoms with Gasteiger partial charge in [-0.05, 0) is 49.9 Å². The van der Waals surface area contributed by atoms with E-state index < -0.39 is 22.7 Å². The van der Waals surface area contributed by atoms with Gasteiger partial charge in [0.1, 0.15) is 0 Å². The minimum atomic E-state index is -4.93. The molecule has 2 aromatic carbocycles. The molecule has 152 valence electrons. The molecule has 7 nitrogen and oxygen atoms in total. The summed E-state index contributed by atoms with van der Waals surface area (Å²) in [5.41, 5.74) is 3.19. The van der Waals surface area contributed by atoms with Gasteiger partial charge in [0.2, 0.25) is 0 Å². The molecule has 0 fully saturated rings. The summed E-state index contributed by atoms with van der Waals surface area (Å²) in [6.45, 7) is 2.92. The van der Waals surface area contributed by atoms with Crippen LogP contribution in [0.5, 0.6) is 0 Å². The second kappa shape index (κ2) is 14.1. The number of hydrogen-bond donors (Lipinski definition) is 3. The third-order valence-electron chi connectivity index (χ3n) is 4.79. The Morgan fingerprint density at radius 3 is 2.20 bits per heavy atom. The van der Waals surface area contributed by atoms with Crippen LogP contribution in [0.15, 0.2) is 42.5 Å². The zero-order valence-corrected chi connectivity index (χ0v) is 28.9. The molecule has 3 rings (SSSR count). The number of rotatable bonds is 7. The zero-order valence-electron chi connectivity index (χ0n) is 20.8. The first-order chi connectivity index (χ1) is 12.6. The smallest absolute Gasteiger partial charge is 1.00 e. The molecule has 12 heteroatoms. The van der Waals surface area contributed by atoms with Crippen molar-refractivity contribution < 1.29 is 186 Å². The van der Waals surface area contributed by atoms with Crippen LogP contribution in [0, 0.1) is 0 Å². The standard InChI is InChI=1S/C18H22NO6PS.3K.3H/c1-2-19-16-8-4-3-7-14(16)15-12-13(10-11-17(15)19)6-5-9-18(26(20,21)22)27(23,24)25;;;;;;/h3-4,7-8,10-12,18H,2,5-6,9H2,1H3,(H2,20,21,22)(H,23,24,25);;;;;;/q;3*+1;3*-1. The van der Waals surface area contributed by atoms with Gasteiger partial charge < -0.3 is 18.6 Å². The van der Waals surface area contributed by atoms with Gasteiger partial charge in [0.05, 0.1) is 0 Å². The molecule has 0 radical (unpaired) electrons. The Bertz CT molecular complexity index is 1160. The van der Waals surface area contributed by atoms with Gasteiger partial charge in [-0.1, -0.05) is 24.3 Å². The van der Waals surface area contributed by atoms with E-state index in [2.05, 4.69) is 23.6 Å². The van der Waals surface area contributed by atoms with Crippen LogP contribution in [0.25, 0.3) is 21.8 Å². The fourth-order valence-corrected chi connectivity index (χ4v) is 5.94. The van der Waals surface area contributed by atoms with Crippen LogP contribution < -0.4 is 154 Å². The molecule has 0 spiro atoms. The molecule has 0 aliphatic heterocycles. The van der Waals surface area contributed by atoms with Gasteiger partial charge in [-0.2, -0.15) is 8.42 Å². The Morgan fingerprint density at radius 2 is 1.63 bits per heavy atom. The molecule has 0 amide bonds. The summed E-state index contributed by atoms with van der Waals surface area (Å²) in [6.07, 6.45) is 0.374. The SMILES string of the molecule is CCn1c2ccccc2c2cc(CCCC(P(=O)(O)O)S(=O)(=O)O)ccc21.[H-].[H-].[H-].[K+].[K+].[K+]. The molecule has 3 aromatic rings. The fourth-order valence-electron chi connectivity index (χ4n) is 3.57. The van der Waals surface area contributed by atoms with Crippen LogP contribution in [0.2, 0.25) is 0 Å². The van der Waals surface area contributed by atoms with Crippen LogP contribution in [-0.4, -0.2) is 32.3 Å². The van der Waals surface area contributed by atoms with E-state index in [1.54, 1.807) is 0 Å². The van der Waals surface area contributed by atoms with Gasteiger partial charge in [-0.15, -0.1) is 0 Å². The summed E-state index contributed by atoms with van der Waals surface area (Å²) >= 11 is 0. The number of hydrogen-bond acceptors (Lipinski definition) is 3. The first kappa shape index (κ1) is 33.2. The van der Waals surface area contributed by atoms with Crippen LogP contribution in [0.3, 0.4) is 0 Å². The molecule has 1 unspecified atom stereocenters. The molecule has 1 heterocycles. The van der Waals surface area contributed by atoms with Crippen molar-refractivity contribution >= 4 is 39.5 Å². The Hall–Kier alpha value is 3.21. The van der Waals surface area contributed by atoms with Crippen molar-refractivity contribution in [1.82, 2.24) is 4.57 Å². The molecular weight excluding hydrogens is 507 g/mol. The Labute approximate surface area is 308 Å². The van der Waals surface area contributed by atoms with Crippen LogP contribution in [-0.2, 0) is 27.6 Å². The molecular formula is C18H25K3NO6PS. The number of aromatic nitrogens is 1. The van der Waals surface area contributed by atoms with Gasteiger partial charge in [0.25, 0.3) is 10.1 Å². The Morgan fingerprint density at radius 1 is 1.03 bits per heavy atom. The van der Waals surface area contributed by atoms with Crippen molar-refractivity contribution in [3.8, 4) is 0 Å². The zero-order chi connectivity index (χ0) is 19.8. The fraction of sp³-hybridized carbons (Fsp3) is 0.333. The molecule has 0 saturated carbocycles. The minimum Gasteiger partial charge on any atom is -1.00 e. The monoisotopic (exact) mass is 531 g/mol. The van der Waals surface area contributed by atoms with Crippen molar-refractivity contribution in [1.29, 1.82) is 0 Å². The average molecular weight is 532 g/mol. The molecule has 0 aliphatic rings. The predicted molar refractivity (Wildman–Crippen MR) is 109 cm³/mol. The molecule has 0 saturated heterocycles. The van der Waals surface area contributed by atoms with Gasteiger partial charge in [0, 0.05) is 28.4 Å². The summed E-state index contributed by atoms with van der Waals surface area (Å²) in [7, 11) is -9.74. The third kappa shape index (κ3) is 8.12. The number of benzene rings is 2. The van der Waals surface area contributed by atoms with Crippen molar-refractivity contribution in [3.63, 3.8) is 0 Å². The Balaban J connectivity index is -0.000000701. The quantitative estimate of drug-likeness (QED) is 0.160. The molecule has 1 atom stereocenters. The van der Waals surface area contributed by atoms with Crippen LogP contribution in [0.1, 0.15) is 29.6 Å². The summed E-state index contributed by atoms with van der Waals surface area (Å²) in [5, 5.41) is 2.22. The van der Waals surface area contributed by atoms with E-state index in [1.165, 1.54) is 0 Å². The normalized spacial score (nSPS) is 12.7. The molecule has 3 N–H and O–H groups in total. The van der Waals surface area contributed by atoms with E-state index in [0.717, 1.165) is 33.9 Å². The largest absolute Gasteiger partial charge is 1.00 e. The van der Waals surface area contributed by atoms with Crippen molar-refractivity contribution in [3.05, 3.63) is 48.0 Å². The van der Waals surface area contributed by atoms with Gasteiger partial charge in [0.15, 0.2) is 4.99 Å². The third-order valence-corrected chi connectivity index (χ3v) is 8.34. The van der Waals surface area contributed by atoms with E-state index in [9.17, 15) is 13.0 Å². The first-order valence-corrected chi connectivity index (χ1v) is 11.8. The van der Waals surface area contributed by atoms with E-state index in [1.807, 2.05) is 30.3 Å². The molecule has 0 bridgehead atoms. The van der Waals surface area contributed by atoms with E-state index >= 15 is 0 Å². The minimum absolute atomic E-state index is 0. The van der Waals surface area contributed by atoms with E-state index in [0.29, 0.717) is 6.42 Å².